The van der Waals surface area contributed by atoms with Crippen LogP contribution in [-0.4, -0.2) is 53.6 Å². The van der Waals surface area contributed by atoms with Crippen LogP contribution < -0.4 is 5.73 Å². The van der Waals surface area contributed by atoms with E-state index in [0.29, 0.717) is 0 Å². The van der Waals surface area contributed by atoms with Gasteiger partial charge in [-0.25, -0.2) is 0 Å². The normalized spacial score (nSPS) is 22.6. The van der Waals surface area contributed by atoms with Crippen LogP contribution in [0.1, 0.15) is 6.92 Å². The second kappa shape index (κ2) is 4.93. The summed E-state index contributed by atoms with van der Waals surface area (Å²) in [5.41, 5.74) is 5.11. The Balaban J connectivity index is 2.79. The minimum atomic E-state index is -1.22. The van der Waals surface area contributed by atoms with Crippen LogP contribution in [0.4, 0.5) is 0 Å². The molecule has 7 nitrogen and oxygen atoms in total. The number of carboxylic acid groups (broad SMARTS) is 1. The van der Waals surface area contributed by atoms with E-state index < -0.39 is 29.7 Å². The molecule has 2 amide bonds. The van der Waals surface area contributed by atoms with Crippen molar-refractivity contribution in [1.82, 2.24) is 4.90 Å². The summed E-state index contributed by atoms with van der Waals surface area (Å²) >= 11 is 0. The molecule has 0 aromatic rings. The molecule has 0 bridgehead atoms. The lowest BCUT2D eigenvalue weighted by Gasteiger charge is -2.34. The van der Waals surface area contributed by atoms with Crippen molar-refractivity contribution in [3.63, 3.8) is 0 Å². The quantitative estimate of drug-likeness (QED) is 0.568. The molecule has 0 aromatic heterocycles. The van der Waals surface area contributed by atoms with Gasteiger partial charge in [0.15, 0.2) is 0 Å². The number of hydrogen-bond acceptors (Lipinski definition) is 4. The summed E-state index contributed by atoms with van der Waals surface area (Å²) in [6.45, 7) is 1.76. The first-order chi connectivity index (χ1) is 7.45. The Labute approximate surface area is 92.1 Å². The number of carboxylic acids is 1. The molecule has 2 atom stereocenters. The zero-order valence-electron chi connectivity index (χ0n) is 8.88. The fourth-order valence-electron chi connectivity index (χ4n) is 1.46. The Hall–Kier alpha value is -1.63. The van der Waals surface area contributed by atoms with Crippen LogP contribution in [0.25, 0.3) is 0 Å². The molecule has 1 aliphatic rings. The predicted octanol–water partition coefficient (Wildman–Crippen LogP) is -1.58. The average molecular weight is 230 g/mol. The van der Waals surface area contributed by atoms with Crippen LogP contribution in [0.15, 0.2) is 0 Å². The number of hydrogen-bond donors (Lipinski definition) is 2. The van der Waals surface area contributed by atoms with Crippen molar-refractivity contribution in [2.45, 2.75) is 13.0 Å². The molecule has 1 heterocycles. The number of nitrogens with zero attached hydrogens (tertiary/aromatic N) is 1. The van der Waals surface area contributed by atoms with E-state index in [1.54, 1.807) is 0 Å². The first-order valence-corrected chi connectivity index (χ1v) is 4.85. The van der Waals surface area contributed by atoms with Crippen molar-refractivity contribution >= 4 is 17.8 Å². The molecule has 2 unspecified atom stereocenters. The van der Waals surface area contributed by atoms with E-state index in [1.807, 2.05) is 0 Å². The number of primary amides is 1. The van der Waals surface area contributed by atoms with Crippen molar-refractivity contribution in [1.29, 1.82) is 0 Å². The molecule has 1 saturated heterocycles. The third-order valence-corrected chi connectivity index (χ3v) is 2.48. The number of carbonyl (C=O) groups excluding carboxylic acids is 2. The second-order valence-electron chi connectivity index (χ2n) is 3.58. The van der Waals surface area contributed by atoms with Gasteiger partial charge in [0.25, 0.3) is 0 Å². The summed E-state index contributed by atoms with van der Waals surface area (Å²) in [6, 6.07) is -0.872. The van der Waals surface area contributed by atoms with E-state index in [4.69, 9.17) is 15.6 Å². The number of rotatable bonds is 3. The van der Waals surface area contributed by atoms with Crippen molar-refractivity contribution in [2.75, 3.05) is 19.8 Å². The number of carbonyl (C=O) groups is 3. The zero-order chi connectivity index (χ0) is 12.3. The smallest absolute Gasteiger partial charge is 0.315 e. The van der Waals surface area contributed by atoms with E-state index in [9.17, 15) is 14.4 Å². The van der Waals surface area contributed by atoms with Crippen LogP contribution in [0.2, 0.25) is 0 Å². The Kier molecular flexibility index (Phi) is 3.83. The van der Waals surface area contributed by atoms with Crippen LogP contribution >= 0.6 is 0 Å². The standard InChI is InChI=1S/C9H14N2O5/c1-5(9(14)15)8(13)11-2-3-16-4-6(11)7(10)12/h5-6H,2-4H2,1H3,(H2,10,12)(H,14,15). The van der Waals surface area contributed by atoms with Crippen LogP contribution in [0, 0.1) is 5.92 Å². The lowest BCUT2D eigenvalue weighted by Crippen LogP contribution is -2.56. The lowest BCUT2D eigenvalue weighted by molar-refractivity contribution is -0.157. The van der Waals surface area contributed by atoms with Crippen LogP contribution in [0.3, 0.4) is 0 Å². The SMILES string of the molecule is CC(C(=O)O)C(=O)N1CCOCC1C(N)=O. The summed E-state index contributed by atoms with van der Waals surface area (Å²) in [4.78, 5) is 34.6. The van der Waals surface area contributed by atoms with Gasteiger partial charge in [0, 0.05) is 6.54 Å². The first kappa shape index (κ1) is 12.4. The van der Waals surface area contributed by atoms with E-state index >= 15 is 0 Å². The number of ether oxygens (including phenoxy) is 1. The van der Waals surface area contributed by atoms with Crippen molar-refractivity contribution in [2.24, 2.45) is 11.7 Å². The van der Waals surface area contributed by atoms with Crippen molar-refractivity contribution in [3.05, 3.63) is 0 Å². The lowest BCUT2D eigenvalue weighted by atomic mass is 10.1. The molecular formula is C9H14N2O5. The number of amides is 2. The molecule has 0 aromatic carbocycles. The van der Waals surface area contributed by atoms with Gasteiger partial charge in [0.2, 0.25) is 11.8 Å². The highest BCUT2D eigenvalue weighted by atomic mass is 16.5. The fourth-order valence-corrected chi connectivity index (χ4v) is 1.46. The van der Waals surface area contributed by atoms with Gasteiger partial charge < -0.3 is 20.5 Å². The van der Waals surface area contributed by atoms with E-state index in [2.05, 4.69) is 0 Å². The molecule has 0 aliphatic carbocycles. The third kappa shape index (κ3) is 2.48. The first-order valence-electron chi connectivity index (χ1n) is 4.85. The molecule has 1 aliphatic heterocycles. The van der Waals surface area contributed by atoms with Gasteiger partial charge in [-0.15, -0.1) is 0 Å². The van der Waals surface area contributed by atoms with Crippen LogP contribution in [-0.2, 0) is 19.1 Å². The maximum absolute atomic E-state index is 11.7. The largest absolute Gasteiger partial charge is 0.481 e. The highest BCUT2D eigenvalue weighted by Gasteiger charge is 2.35. The average Bonchev–Trinajstić information content (AvgIpc) is 2.26. The molecule has 1 rings (SSSR count). The summed E-state index contributed by atoms with van der Waals surface area (Å²) in [5, 5.41) is 8.71. The van der Waals surface area contributed by atoms with Gasteiger partial charge in [-0.1, -0.05) is 0 Å². The van der Waals surface area contributed by atoms with Crippen molar-refractivity contribution in [3.8, 4) is 0 Å². The predicted molar refractivity (Wildman–Crippen MR) is 52.3 cm³/mol. The van der Waals surface area contributed by atoms with Gasteiger partial charge in [-0.3, -0.25) is 14.4 Å². The van der Waals surface area contributed by atoms with E-state index in [0.717, 1.165) is 0 Å². The summed E-state index contributed by atoms with van der Waals surface area (Å²) in [5.74, 6) is -3.70. The fraction of sp³-hybridized carbons (Fsp3) is 0.667. The maximum atomic E-state index is 11.7. The molecular weight excluding hydrogens is 216 g/mol. The summed E-state index contributed by atoms with van der Waals surface area (Å²) < 4.78 is 5.02. The molecule has 0 saturated carbocycles. The Bertz CT molecular complexity index is 317. The number of morpholine rings is 1. The Morgan fingerprint density at radius 3 is 2.62 bits per heavy atom. The summed E-state index contributed by atoms with van der Waals surface area (Å²) in [6.07, 6.45) is 0. The maximum Gasteiger partial charge on any atom is 0.315 e. The highest BCUT2D eigenvalue weighted by molar-refractivity contribution is 5.98. The molecule has 7 heteroatoms. The van der Waals surface area contributed by atoms with E-state index in [-0.39, 0.29) is 19.8 Å². The zero-order valence-corrected chi connectivity index (χ0v) is 8.88. The summed E-state index contributed by atoms with van der Waals surface area (Å²) in [7, 11) is 0. The minimum absolute atomic E-state index is 0.0212. The monoisotopic (exact) mass is 230 g/mol. The van der Waals surface area contributed by atoms with Crippen molar-refractivity contribution < 1.29 is 24.2 Å². The van der Waals surface area contributed by atoms with Crippen LogP contribution in [0.5, 0.6) is 0 Å². The van der Waals surface area contributed by atoms with E-state index in [1.165, 1.54) is 11.8 Å². The van der Waals surface area contributed by atoms with Gasteiger partial charge in [0.05, 0.1) is 13.2 Å². The molecule has 0 spiro atoms. The van der Waals surface area contributed by atoms with Gasteiger partial charge >= 0.3 is 5.97 Å². The second-order valence-corrected chi connectivity index (χ2v) is 3.58. The molecule has 1 fully saturated rings. The molecule has 90 valence electrons. The minimum Gasteiger partial charge on any atom is -0.481 e. The highest BCUT2D eigenvalue weighted by Crippen LogP contribution is 2.11. The van der Waals surface area contributed by atoms with Gasteiger partial charge in [0.1, 0.15) is 12.0 Å². The number of nitrogens with two attached hydrogens (primary N) is 1. The van der Waals surface area contributed by atoms with Gasteiger partial charge in [-0.05, 0) is 6.92 Å². The molecule has 16 heavy (non-hydrogen) atoms. The Morgan fingerprint density at radius 1 is 1.50 bits per heavy atom. The molecule has 0 radical (unpaired) electrons. The van der Waals surface area contributed by atoms with Gasteiger partial charge in [-0.2, -0.15) is 0 Å². The third-order valence-electron chi connectivity index (χ3n) is 2.48. The molecule has 3 N–H and O–H groups in total. The Morgan fingerprint density at radius 2 is 2.12 bits per heavy atom. The number of aliphatic carboxylic acids is 1. The topological polar surface area (TPSA) is 110 Å².